The number of nitrogen functional groups attached to an aromatic ring is 1. The Labute approximate surface area is 113 Å². The lowest BCUT2D eigenvalue weighted by Gasteiger charge is -2.06. The summed E-state index contributed by atoms with van der Waals surface area (Å²) in [4.78, 5) is 7.32. The van der Waals surface area contributed by atoms with E-state index in [2.05, 4.69) is 29.8 Å². The smallest absolute Gasteiger partial charge is 0.314 e. The molecular formula is C8H9ClN6O3S. The van der Waals surface area contributed by atoms with Crippen molar-refractivity contribution in [1.29, 1.82) is 0 Å². The molecule has 0 unspecified atom stereocenters. The Kier molecular flexibility index (Phi) is 3.55. The highest BCUT2D eigenvalue weighted by Gasteiger charge is 2.19. The third-order valence-corrected chi connectivity index (χ3v) is 3.59. The van der Waals surface area contributed by atoms with Gasteiger partial charge in [0.2, 0.25) is 0 Å². The van der Waals surface area contributed by atoms with Crippen molar-refractivity contribution in [2.45, 2.75) is 11.8 Å². The van der Waals surface area contributed by atoms with Gasteiger partial charge in [-0.05, 0) is 13.0 Å². The summed E-state index contributed by atoms with van der Waals surface area (Å²) in [6, 6.07) is 0.949. The predicted octanol–water partition coefficient (Wildman–Crippen LogP) is 0.513. The number of aryl methyl sites for hydroxylation is 1. The van der Waals surface area contributed by atoms with Gasteiger partial charge in [0.1, 0.15) is 4.90 Å². The number of hydrazine groups is 1. The molecule has 9 nitrogen and oxygen atoms in total. The minimum Gasteiger partial charge on any atom is -0.314 e. The van der Waals surface area contributed by atoms with Crippen LogP contribution in [0.5, 0.6) is 0 Å². The number of sulfonamides is 1. The van der Waals surface area contributed by atoms with Gasteiger partial charge in [-0.15, -0.1) is 0 Å². The number of pyridine rings is 1. The van der Waals surface area contributed by atoms with Crippen LogP contribution in [0.2, 0.25) is 5.02 Å². The van der Waals surface area contributed by atoms with Crippen LogP contribution in [-0.2, 0) is 10.0 Å². The van der Waals surface area contributed by atoms with Crippen LogP contribution < -0.4 is 16.0 Å². The van der Waals surface area contributed by atoms with Crippen LogP contribution in [0.25, 0.3) is 0 Å². The second-order valence-corrected chi connectivity index (χ2v) is 5.49. The summed E-state index contributed by atoms with van der Waals surface area (Å²) in [5.74, 6) is 5.60. The van der Waals surface area contributed by atoms with E-state index in [1.807, 2.05) is 0 Å². The zero-order chi connectivity index (χ0) is 14.0. The van der Waals surface area contributed by atoms with E-state index in [4.69, 9.17) is 17.4 Å². The van der Waals surface area contributed by atoms with Crippen molar-refractivity contribution >= 4 is 33.5 Å². The third kappa shape index (κ3) is 2.92. The van der Waals surface area contributed by atoms with Crippen LogP contribution in [0.1, 0.15) is 5.82 Å². The van der Waals surface area contributed by atoms with E-state index in [0.29, 0.717) is 5.82 Å². The highest BCUT2D eigenvalue weighted by atomic mass is 35.5. The second kappa shape index (κ2) is 4.99. The first-order valence-electron chi connectivity index (χ1n) is 4.87. The van der Waals surface area contributed by atoms with E-state index < -0.39 is 10.0 Å². The van der Waals surface area contributed by atoms with E-state index in [9.17, 15) is 8.42 Å². The number of nitrogens with one attached hydrogen (secondary N) is 2. The zero-order valence-corrected chi connectivity index (χ0v) is 11.2. The number of nitrogens with zero attached hydrogens (tertiary/aromatic N) is 3. The number of anilines is 2. The average molecular weight is 305 g/mol. The second-order valence-electron chi connectivity index (χ2n) is 3.40. The summed E-state index contributed by atoms with van der Waals surface area (Å²) in [5.41, 5.74) is 2.23. The molecule has 0 aliphatic carbocycles. The van der Waals surface area contributed by atoms with Crippen LogP contribution in [0.3, 0.4) is 0 Å². The molecule has 0 saturated heterocycles. The molecule has 19 heavy (non-hydrogen) atoms. The standard InChI is InChI=1S/C8H9ClN6O3S/c1-4-12-8(18-14-4)15-19(16,17)5-2-6(9)7(13-10)11-3-5/h2-3H,10H2,1H3,(H,11,13)(H,12,14,15). The fraction of sp³-hybridized carbons (Fsp3) is 0.125. The lowest BCUT2D eigenvalue weighted by molar-refractivity contribution is 0.429. The Morgan fingerprint density at radius 3 is 2.74 bits per heavy atom. The van der Waals surface area contributed by atoms with Gasteiger partial charge in [-0.3, -0.25) is 0 Å². The molecule has 0 aliphatic rings. The number of hydrogen-bond donors (Lipinski definition) is 3. The van der Waals surface area contributed by atoms with E-state index >= 15 is 0 Å². The first-order chi connectivity index (χ1) is 8.92. The van der Waals surface area contributed by atoms with Crippen molar-refractivity contribution in [1.82, 2.24) is 15.1 Å². The molecule has 0 bridgehead atoms. The number of rotatable bonds is 4. The van der Waals surface area contributed by atoms with Gasteiger partial charge >= 0.3 is 6.01 Å². The summed E-state index contributed by atoms with van der Waals surface area (Å²) in [6.07, 6.45) is 1.09. The molecule has 0 amide bonds. The Balaban J connectivity index is 2.31. The van der Waals surface area contributed by atoms with Gasteiger partial charge in [-0.25, -0.2) is 24.0 Å². The average Bonchev–Trinajstić information content (AvgIpc) is 2.73. The van der Waals surface area contributed by atoms with E-state index in [0.717, 1.165) is 6.20 Å². The van der Waals surface area contributed by atoms with Gasteiger partial charge in [-0.2, -0.15) is 4.98 Å². The molecule has 0 saturated carbocycles. The summed E-state index contributed by atoms with van der Waals surface area (Å²) in [7, 11) is -3.91. The van der Waals surface area contributed by atoms with Crippen molar-refractivity contribution in [2.24, 2.45) is 5.84 Å². The highest BCUT2D eigenvalue weighted by Crippen LogP contribution is 2.22. The molecule has 0 fully saturated rings. The molecule has 0 radical (unpaired) electrons. The molecule has 2 aromatic heterocycles. The van der Waals surface area contributed by atoms with Crippen molar-refractivity contribution in [3.05, 3.63) is 23.1 Å². The van der Waals surface area contributed by atoms with Crippen LogP contribution in [-0.4, -0.2) is 23.5 Å². The Morgan fingerprint density at radius 2 is 2.21 bits per heavy atom. The maximum Gasteiger partial charge on any atom is 0.335 e. The van der Waals surface area contributed by atoms with Crippen molar-refractivity contribution in [3.8, 4) is 0 Å². The molecule has 102 valence electrons. The first kappa shape index (κ1) is 13.5. The lowest BCUT2D eigenvalue weighted by Crippen LogP contribution is -2.15. The van der Waals surface area contributed by atoms with Crippen molar-refractivity contribution in [3.63, 3.8) is 0 Å². The molecule has 11 heteroatoms. The maximum absolute atomic E-state index is 12.0. The number of hydrogen-bond acceptors (Lipinski definition) is 8. The molecule has 2 rings (SSSR count). The summed E-state index contributed by atoms with van der Waals surface area (Å²) in [6.45, 7) is 1.56. The van der Waals surface area contributed by atoms with Crippen LogP contribution >= 0.6 is 11.6 Å². The van der Waals surface area contributed by atoms with Crippen molar-refractivity contribution in [2.75, 3.05) is 10.1 Å². The van der Waals surface area contributed by atoms with Gasteiger partial charge in [-0.1, -0.05) is 16.8 Å². The molecule has 2 heterocycles. The van der Waals surface area contributed by atoms with E-state index in [1.54, 1.807) is 6.92 Å². The minimum atomic E-state index is -3.91. The number of nitrogens with two attached hydrogens (primary N) is 1. The zero-order valence-electron chi connectivity index (χ0n) is 9.58. The molecule has 0 spiro atoms. The van der Waals surface area contributed by atoms with Gasteiger partial charge in [0.15, 0.2) is 11.6 Å². The fourth-order valence-corrected chi connectivity index (χ4v) is 2.37. The van der Waals surface area contributed by atoms with E-state index in [-0.39, 0.29) is 21.8 Å². The number of halogens is 1. The van der Waals surface area contributed by atoms with Gasteiger partial charge in [0.25, 0.3) is 10.0 Å². The summed E-state index contributed by atoms with van der Waals surface area (Å²) < 4.78 is 30.7. The van der Waals surface area contributed by atoms with Gasteiger partial charge in [0, 0.05) is 6.20 Å². The predicted molar refractivity (Wildman–Crippen MR) is 66.9 cm³/mol. The number of aromatic nitrogens is 3. The first-order valence-corrected chi connectivity index (χ1v) is 6.74. The minimum absolute atomic E-state index is 0.0621. The molecular weight excluding hydrogens is 296 g/mol. The Bertz CT molecular complexity index is 700. The topological polar surface area (TPSA) is 136 Å². The highest BCUT2D eigenvalue weighted by molar-refractivity contribution is 7.92. The largest absolute Gasteiger partial charge is 0.335 e. The molecule has 0 atom stereocenters. The Hall–Kier alpha value is -1.91. The monoisotopic (exact) mass is 304 g/mol. The van der Waals surface area contributed by atoms with Gasteiger partial charge < -0.3 is 9.95 Å². The normalized spacial score (nSPS) is 11.3. The van der Waals surface area contributed by atoms with Crippen molar-refractivity contribution < 1.29 is 12.9 Å². The van der Waals surface area contributed by atoms with E-state index in [1.165, 1.54) is 6.07 Å². The van der Waals surface area contributed by atoms with Crippen LogP contribution in [0, 0.1) is 6.92 Å². The summed E-state index contributed by atoms with van der Waals surface area (Å²) in [5, 5.41) is 3.52. The molecule has 0 aliphatic heterocycles. The Morgan fingerprint density at radius 1 is 1.47 bits per heavy atom. The van der Waals surface area contributed by atoms with Crippen LogP contribution in [0.15, 0.2) is 21.7 Å². The molecule has 4 N–H and O–H groups in total. The SMILES string of the molecule is Cc1noc(NS(=O)(=O)c2cnc(NN)c(Cl)c2)n1. The quantitative estimate of drug-likeness (QED) is 0.549. The lowest BCUT2D eigenvalue weighted by atomic mass is 10.5. The molecule has 2 aromatic rings. The third-order valence-electron chi connectivity index (χ3n) is 2.01. The summed E-state index contributed by atoms with van der Waals surface area (Å²) >= 11 is 5.79. The molecule has 0 aromatic carbocycles. The van der Waals surface area contributed by atoms with Crippen LogP contribution in [0.4, 0.5) is 11.8 Å². The maximum atomic E-state index is 12.0. The van der Waals surface area contributed by atoms with Gasteiger partial charge in [0.05, 0.1) is 5.02 Å². The fourth-order valence-electron chi connectivity index (χ4n) is 1.19.